The summed E-state index contributed by atoms with van der Waals surface area (Å²) in [6, 6.07) is 12.5. The summed E-state index contributed by atoms with van der Waals surface area (Å²) in [6.07, 6.45) is 0. The first-order valence-corrected chi connectivity index (χ1v) is 8.89. The largest absolute Gasteiger partial charge is 0.485 e. The number of para-hydroxylation sites is 1. The Morgan fingerprint density at radius 2 is 2.04 bits per heavy atom. The molecule has 3 rings (SSSR count). The standard InChI is InChI=1S/C17H13Br2N3O3/c1-10-20-16(22-25-10)9-24-15-5-3-2-4-12(15)17(23)21-14-8-11(18)6-7-13(14)19/h2-8H,9H2,1H3,(H,21,23). The van der Waals surface area contributed by atoms with Gasteiger partial charge in [0.15, 0.2) is 6.61 Å². The number of nitrogens with one attached hydrogen (secondary N) is 1. The van der Waals surface area contributed by atoms with Crippen molar-refractivity contribution in [3.8, 4) is 5.75 Å². The van der Waals surface area contributed by atoms with Crippen LogP contribution in [-0.4, -0.2) is 16.0 Å². The average Bonchev–Trinajstić information content (AvgIpc) is 3.02. The number of aromatic nitrogens is 2. The van der Waals surface area contributed by atoms with Gasteiger partial charge in [0.1, 0.15) is 5.75 Å². The van der Waals surface area contributed by atoms with Crippen LogP contribution in [-0.2, 0) is 6.61 Å². The molecule has 25 heavy (non-hydrogen) atoms. The lowest BCUT2D eigenvalue weighted by atomic mass is 10.2. The van der Waals surface area contributed by atoms with E-state index in [4.69, 9.17) is 9.26 Å². The third-order valence-electron chi connectivity index (χ3n) is 3.23. The zero-order chi connectivity index (χ0) is 17.8. The Kier molecular flexibility index (Phi) is 5.50. The Morgan fingerprint density at radius 3 is 2.80 bits per heavy atom. The SMILES string of the molecule is Cc1nc(COc2ccccc2C(=O)Nc2cc(Br)ccc2Br)no1. The number of hydrogen-bond donors (Lipinski definition) is 1. The summed E-state index contributed by atoms with van der Waals surface area (Å²) in [5.41, 5.74) is 1.07. The quantitative estimate of drug-likeness (QED) is 0.587. The summed E-state index contributed by atoms with van der Waals surface area (Å²) in [6.45, 7) is 1.82. The molecule has 8 heteroatoms. The third kappa shape index (κ3) is 4.46. The van der Waals surface area contributed by atoms with Crippen LogP contribution in [0.3, 0.4) is 0 Å². The molecule has 1 amide bonds. The first-order chi connectivity index (χ1) is 12.0. The minimum Gasteiger partial charge on any atom is -0.485 e. The number of hydrogen-bond acceptors (Lipinski definition) is 5. The highest BCUT2D eigenvalue weighted by atomic mass is 79.9. The van der Waals surface area contributed by atoms with E-state index >= 15 is 0 Å². The fraction of sp³-hybridized carbons (Fsp3) is 0.118. The molecule has 1 heterocycles. The molecule has 2 aromatic carbocycles. The fourth-order valence-electron chi connectivity index (χ4n) is 2.11. The number of carbonyl (C=O) groups is 1. The second-order valence-corrected chi connectivity index (χ2v) is 6.86. The lowest BCUT2D eigenvalue weighted by Gasteiger charge is -2.12. The van der Waals surface area contributed by atoms with Gasteiger partial charge in [0.05, 0.1) is 11.3 Å². The van der Waals surface area contributed by atoms with Crippen molar-refractivity contribution in [1.82, 2.24) is 10.1 Å². The highest BCUT2D eigenvalue weighted by Crippen LogP contribution is 2.28. The molecular formula is C17H13Br2N3O3. The molecule has 128 valence electrons. The number of ether oxygens (including phenoxy) is 1. The zero-order valence-corrected chi connectivity index (χ0v) is 16.3. The van der Waals surface area contributed by atoms with Gasteiger partial charge in [-0.3, -0.25) is 4.79 Å². The van der Waals surface area contributed by atoms with Gasteiger partial charge >= 0.3 is 0 Å². The summed E-state index contributed by atoms with van der Waals surface area (Å²) in [7, 11) is 0. The monoisotopic (exact) mass is 465 g/mol. The highest BCUT2D eigenvalue weighted by molar-refractivity contribution is 9.11. The van der Waals surface area contributed by atoms with Crippen LogP contribution in [0.1, 0.15) is 22.1 Å². The van der Waals surface area contributed by atoms with Crippen molar-refractivity contribution in [3.63, 3.8) is 0 Å². The van der Waals surface area contributed by atoms with Gasteiger partial charge in [0.2, 0.25) is 11.7 Å². The van der Waals surface area contributed by atoms with Crippen LogP contribution in [0.2, 0.25) is 0 Å². The fourth-order valence-corrected chi connectivity index (χ4v) is 2.81. The van der Waals surface area contributed by atoms with Crippen molar-refractivity contribution in [2.24, 2.45) is 0 Å². The highest BCUT2D eigenvalue weighted by Gasteiger charge is 2.15. The maximum absolute atomic E-state index is 12.6. The van der Waals surface area contributed by atoms with Crippen molar-refractivity contribution in [3.05, 3.63) is 68.7 Å². The molecule has 6 nitrogen and oxygen atoms in total. The second kappa shape index (κ2) is 7.79. The molecule has 0 aliphatic rings. The van der Waals surface area contributed by atoms with Crippen LogP contribution in [0, 0.1) is 6.92 Å². The molecule has 0 fully saturated rings. The van der Waals surface area contributed by atoms with E-state index in [-0.39, 0.29) is 12.5 Å². The number of rotatable bonds is 5. The number of carbonyl (C=O) groups excluding carboxylic acids is 1. The Hall–Kier alpha value is -2.19. The van der Waals surface area contributed by atoms with E-state index in [0.717, 1.165) is 8.95 Å². The number of amides is 1. The summed E-state index contributed by atoms with van der Waals surface area (Å²) >= 11 is 6.81. The number of benzene rings is 2. The number of anilines is 1. The zero-order valence-electron chi connectivity index (χ0n) is 13.1. The molecule has 0 bridgehead atoms. The van der Waals surface area contributed by atoms with Crippen molar-refractivity contribution in [2.45, 2.75) is 13.5 Å². The molecule has 0 saturated carbocycles. The molecular weight excluding hydrogens is 454 g/mol. The molecule has 0 saturated heterocycles. The lowest BCUT2D eigenvalue weighted by molar-refractivity contribution is 0.102. The molecule has 0 radical (unpaired) electrons. The maximum Gasteiger partial charge on any atom is 0.259 e. The number of halogens is 2. The van der Waals surface area contributed by atoms with Crippen LogP contribution >= 0.6 is 31.9 Å². The van der Waals surface area contributed by atoms with Gasteiger partial charge in [-0.25, -0.2) is 0 Å². The van der Waals surface area contributed by atoms with Gasteiger partial charge in [0, 0.05) is 15.9 Å². The Labute approximate surface area is 160 Å². The topological polar surface area (TPSA) is 77.2 Å². The summed E-state index contributed by atoms with van der Waals surface area (Å²) in [4.78, 5) is 16.7. The first-order valence-electron chi connectivity index (χ1n) is 7.30. The van der Waals surface area contributed by atoms with E-state index in [1.165, 1.54) is 0 Å². The molecule has 3 aromatic rings. The molecule has 1 aromatic heterocycles. The minimum atomic E-state index is -0.279. The average molecular weight is 467 g/mol. The minimum absolute atomic E-state index is 0.113. The predicted octanol–water partition coefficient (Wildman–Crippen LogP) is 4.73. The van der Waals surface area contributed by atoms with Gasteiger partial charge in [-0.1, -0.05) is 33.2 Å². The van der Waals surface area contributed by atoms with Gasteiger partial charge in [-0.05, 0) is 46.3 Å². The Bertz CT molecular complexity index is 912. The molecule has 0 spiro atoms. The first kappa shape index (κ1) is 17.6. The lowest BCUT2D eigenvalue weighted by Crippen LogP contribution is -2.14. The Morgan fingerprint density at radius 1 is 1.24 bits per heavy atom. The molecule has 0 atom stereocenters. The second-order valence-electron chi connectivity index (χ2n) is 5.09. The van der Waals surface area contributed by atoms with Crippen molar-refractivity contribution >= 4 is 43.5 Å². The predicted molar refractivity (Wildman–Crippen MR) is 99.6 cm³/mol. The smallest absolute Gasteiger partial charge is 0.259 e. The van der Waals surface area contributed by atoms with Gasteiger partial charge in [-0.2, -0.15) is 4.98 Å². The van der Waals surface area contributed by atoms with E-state index in [1.807, 2.05) is 18.2 Å². The van der Waals surface area contributed by atoms with E-state index in [1.54, 1.807) is 31.2 Å². The molecule has 0 unspecified atom stereocenters. The van der Waals surface area contributed by atoms with E-state index in [9.17, 15) is 4.79 Å². The van der Waals surface area contributed by atoms with Crippen molar-refractivity contribution in [1.29, 1.82) is 0 Å². The van der Waals surface area contributed by atoms with E-state index < -0.39 is 0 Å². The summed E-state index contributed by atoms with van der Waals surface area (Å²) in [5.74, 6) is 1.04. The molecule has 0 aliphatic carbocycles. The molecule has 1 N–H and O–H groups in total. The summed E-state index contributed by atoms with van der Waals surface area (Å²) in [5, 5.41) is 6.64. The van der Waals surface area contributed by atoms with Crippen LogP contribution in [0.25, 0.3) is 0 Å². The maximum atomic E-state index is 12.6. The van der Waals surface area contributed by atoms with Crippen LogP contribution in [0.15, 0.2) is 55.9 Å². The van der Waals surface area contributed by atoms with Gasteiger partial charge in [-0.15, -0.1) is 0 Å². The molecule has 0 aliphatic heterocycles. The van der Waals surface area contributed by atoms with Gasteiger partial charge < -0.3 is 14.6 Å². The number of aryl methyl sites for hydroxylation is 1. The normalized spacial score (nSPS) is 10.5. The van der Waals surface area contributed by atoms with Crippen molar-refractivity contribution in [2.75, 3.05) is 5.32 Å². The van der Waals surface area contributed by atoms with Crippen LogP contribution in [0.4, 0.5) is 5.69 Å². The van der Waals surface area contributed by atoms with Crippen LogP contribution in [0.5, 0.6) is 5.75 Å². The third-order valence-corrected chi connectivity index (χ3v) is 4.42. The number of nitrogens with zero attached hydrogens (tertiary/aromatic N) is 2. The Balaban J connectivity index is 1.77. The summed E-state index contributed by atoms with van der Waals surface area (Å²) < 4.78 is 12.2. The van der Waals surface area contributed by atoms with E-state index in [2.05, 4.69) is 47.3 Å². The van der Waals surface area contributed by atoms with E-state index in [0.29, 0.717) is 28.7 Å². The van der Waals surface area contributed by atoms with Crippen LogP contribution < -0.4 is 10.1 Å². The van der Waals surface area contributed by atoms with Gasteiger partial charge in [0.25, 0.3) is 5.91 Å². The van der Waals surface area contributed by atoms with Crippen molar-refractivity contribution < 1.29 is 14.1 Å².